The highest BCUT2D eigenvalue weighted by Gasteiger charge is 2.14. The molecular formula is C18H15ClN2O2S. The van der Waals surface area contributed by atoms with Gasteiger partial charge in [-0.15, -0.1) is 10.2 Å². The van der Waals surface area contributed by atoms with Crippen LogP contribution in [0.15, 0.2) is 52.1 Å². The molecule has 0 unspecified atom stereocenters. The highest BCUT2D eigenvalue weighted by atomic mass is 35.5. The Morgan fingerprint density at radius 2 is 1.88 bits per heavy atom. The zero-order chi connectivity index (χ0) is 17.1. The van der Waals surface area contributed by atoms with Crippen molar-refractivity contribution in [1.82, 2.24) is 10.2 Å². The van der Waals surface area contributed by atoms with Gasteiger partial charge in [0.05, 0.1) is 5.75 Å². The molecular weight excluding hydrogens is 344 g/mol. The van der Waals surface area contributed by atoms with Crippen LogP contribution in [0.4, 0.5) is 0 Å². The molecule has 122 valence electrons. The lowest BCUT2D eigenvalue weighted by atomic mass is 10.0. The molecule has 3 rings (SSSR count). The van der Waals surface area contributed by atoms with Crippen molar-refractivity contribution in [1.29, 1.82) is 0 Å². The summed E-state index contributed by atoms with van der Waals surface area (Å²) in [6, 6.07) is 12.9. The van der Waals surface area contributed by atoms with Crippen molar-refractivity contribution in [2.75, 3.05) is 5.75 Å². The predicted octanol–water partition coefficient (Wildman–Crippen LogP) is 4.98. The predicted molar refractivity (Wildman–Crippen MR) is 95.7 cm³/mol. The van der Waals surface area contributed by atoms with Crippen LogP contribution in [0.25, 0.3) is 11.5 Å². The first-order valence-electron chi connectivity index (χ1n) is 7.35. The molecule has 4 nitrogen and oxygen atoms in total. The number of carbonyl (C=O) groups excluding carboxylic acids is 1. The average molecular weight is 359 g/mol. The van der Waals surface area contributed by atoms with Crippen LogP contribution in [-0.2, 0) is 0 Å². The molecule has 1 aromatic heterocycles. The van der Waals surface area contributed by atoms with E-state index in [0.29, 0.717) is 16.1 Å². The fraction of sp³-hybridized carbons (Fsp3) is 0.167. The summed E-state index contributed by atoms with van der Waals surface area (Å²) in [6.45, 7) is 3.95. The number of halogens is 1. The third-order valence-electron chi connectivity index (χ3n) is 3.51. The second kappa shape index (κ2) is 7.20. The third-order valence-corrected chi connectivity index (χ3v) is 4.58. The zero-order valence-electron chi connectivity index (χ0n) is 13.2. The maximum Gasteiger partial charge on any atom is 0.277 e. The van der Waals surface area contributed by atoms with Crippen LogP contribution in [0, 0.1) is 13.8 Å². The summed E-state index contributed by atoms with van der Waals surface area (Å²) in [5.41, 5.74) is 3.64. The molecule has 0 radical (unpaired) electrons. The number of Topliss-reactive ketones (excluding diaryl/α,β-unsaturated/α-hetero) is 1. The van der Waals surface area contributed by atoms with E-state index in [1.165, 1.54) is 11.8 Å². The van der Waals surface area contributed by atoms with Gasteiger partial charge in [0.25, 0.3) is 5.22 Å². The molecule has 24 heavy (non-hydrogen) atoms. The number of nitrogens with zero attached hydrogens (tertiary/aromatic N) is 2. The minimum Gasteiger partial charge on any atom is -0.411 e. The SMILES string of the molecule is Cc1ccc(C(=O)CSc2nnc(-c3ccc(Cl)cc3)o2)c(C)c1. The highest BCUT2D eigenvalue weighted by molar-refractivity contribution is 7.99. The minimum absolute atomic E-state index is 0.0451. The molecule has 0 bridgehead atoms. The first kappa shape index (κ1) is 16.7. The summed E-state index contributed by atoms with van der Waals surface area (Å²) in [6.07, 6.45) is 0. The summed E-state index contributed by atoms with van der Waals surface area (Å²) in [4.78, 5) is 12.3. The van der Waals surface area contributed by atoms with E-state index in [9.17, 15) is 4.79 Å². The molecule has 0 amide bonds. The number of ketones is 1. The Morgan fingerprint density at radius 1 is 1.12 bits per heavy atom. The fourth-order valence-electron chi connectivity index (χ4n) is 2.31. The van der Waals surface area contributed by atoms with Crippen LogP contribution in [-0.4, -0.2) is 21.7 Å². The molecule has 0 atom stereocenters. The topological polar surface area (TPSA) is 56.0 Å². The second-order valence-corrected chi connectivity index (χ2v) is 6.77. The molecule has 0 saturated heterocycles. The van der Waals surface area contributed by atoms with E-state index in [1.807, 2.05) is 44.2 Å². The molecule has 0 spiro atoms. The van der Waals surface area contributed by atoms with E-state index in [1.54, 1.807) is 12.1 Å². The number of hydrogen-bond acceptors (Lipinski definition) is 5. The molecule has 0 aliphatic rings. The Bertz CT molecular complexity index is 875. The van der Waals surface area contributed by atoms with E-state index in [0.717, 1.165) is 22.3 Å². The minimum atomic E-state index is 0.0451. The van der Waals surface area contributed by atoms with Crippen LogP contribution in [0.2, 0.25) is 5.02 Å². The number of rotatable bonds is 5. The van der Waals surface area contributed by atoms with Crippen molar-refractivity contribution in [2.45, 2.75) is 19.1 Å². The number of benzene rings is 2. The largest absolute Gasteiger partial charge is 0.411 e. The van der Waals surface area contributed by atoms with Crippen molar-refractivity contribution in [2.24, 2.45) is 0 Å². The van der Waals surface area contributed by atoms with Gasteiger partial charge in [-0.3, -0.25) is 4.79 Å². The van der Waals surface area contributed by atoms with E-state index in [-0.39, 0.29) is 11.5 Å². The van der Waals surface area contributed by atoms with Gasteiger partial charge < -0.3 is 4.42 Å². The fourth-order valence-corrected chi connectivity index (χ4v) is 3.08. The van der Waals surface area contributed by atoms with Gasteiger partial charge in [0.2, 0.25) is 5.89 Å². The van der Waals surface area contributed by atoms with Gasteiger partial charge in [-0.05, 0) is 43.7 Å². The smallest absolute Gasteiger partial charge is 0.277 e. The molecule has 0 aliphatic heterocycles. The number of carbonyl (C=O) groups is 1. The lowest BCUT2D eigenvalue weighted by Gasteiger charge is -2.04. The number of thioether (sulfide) groups is 1. The zero-order valence-corrected chi connectivity index (χ0v) is 14.8. The van der Waals surface area contributed by atoms with Crippen molar-refractivity contribution in [3.8, 4) is 11.5 Å². The van der Waals surface area contributed by atoms with E-state index < -0.39 is 0 Å². The molecule has 2 aromatic carbocycles. The third kappa shape index (κ3) is 3.86. The Labute approximate surface area is 149 Å². The standard InChI is InChI=1S/C18H15ClN2O2S/c1-11-3-8-15(12(2)9-11)16(22)10-24-18-21-20-17(23-18)13-4-6-14(19)7-5-13/h3-9H,10H2,1-2H3. The van der Waals surface area contributed by atoms with Crippen LogP contribution >= 0.6 is 23.4 Å². The Hall–Kier alpha value is -2.11. The van der Waals surface area contributed by atoms with Crippen LogP contribution in [0.1, 0.15) is 21.5 Å². The summed E-state index contributed by atoms with van der Waals surface area (Å²) < 4.78 is 5.59. The van der Waals surface area contributed by atoms with Crippen LogP contribution in [0.3, 0.4) is 0 Å². The monoisotopic (exact) mass is 358 g/mol. The van der Waals surface area contributed by atoms with Gasteiger partial charge in [-0.2, -0.15) is 0 Å². The molecule has 6 heteroatoms. The molecule has 3 aromatic rings. The van der Waals surface area contributed by atoms with Crippen molar-refractivity contribution in [3.05, 3.63) is 64.2 Å². The molecule has 0 saturated carbocycles. The van der Waals surface area contributed by atoms with Crippen LogP contribution < -0.4 is 0 Å². The normalized spacial score (nSPS) is 10.8. The summed E-state index contributed by atoms with van der Waals surface area (Å²) in [5.74, 6) is 0.712. The molecule has 0 fully saturated rings. The lowest BCUT2D eigenvalue weighted by molar-refractivity contribution is 0.102. The van der Waals surface area contributed by atoms with Crippen molar-refractivity contribution >= 4 is 29.1 Å². The summed E-state index contributed by atoms with van der Waals surface area (Å²) >= 11 is 7.10. The van der Waals surface area contributed by atoms with Crippen molar-refractivity contribution in [3.63, 3.8) is 0 Å². The maximum absolute atomic E-state index is 12.3. The Morgan fingerprint density at radius 3 is 2.58 bits per heavy atom. The Kier molecular flexibility index (Phi) is 5.02. The van der Waals surface area contributed by atoms with E-state index >= 15 is 0 Å². The second-order valence-electron chi connectivity index (χ2n) is 5.41. The first-order chi connectivity index (χ1) is 11.5. The summed E-state index contributed by atoms with van der Waals surface area (Å²) in [7, 11) is 0. The average Bonchev–Trinajstić information content (AvgIpc) is 3.02. The highest BCUT2D eigenvalue weighted by Crippen LogP contribution is 2.25. The van der Waals surface area contributed by atoms with Gasteiger partial charge in [-0.25, -0.2) is 0 Å². The molecule has 1 heterocycles. The van der Waals surface area contributed by atoms with Gasteiger partial charge in [0.15, 0.2) is 5.78 Å². The molecule has 0 N–H and O–H groups in total. The summed E-state index contributed by atoms with van der Waals surface area (Å²) in [5, 5.41) is 9.00. The lowest BCUT2D eigenvalue weighted by Crippen LogP contribution is -2.04. The van der Waals surface area contributed by atoms with Gasteiger partial charge in [-0.1, -0.05) is 47.1 Å². The number of hydrogen-bond donors (Lipinski definition) is 0. The number of aromatic nitrogens is 2. The van der Waals surface area contributed by atoms with E-state index in [4.69, 9.17) is 16.0 Å². The molecule has 0 aliphatic carbocycles. The van der Waals surface area contributed by atoms with Gasteiger partial charge in [0, 0.05) is 16.1 Å². The van der Waals surface area contributed by atoms with Gasteiger partial charge in [0.1, 0.15) is 0 Å². The van der Waals surface area contributed by atoms with Crippen LogP contribution in [0.5, 0.6) is 0 Å². The van der Waals surface area contributed by atoms with Gasteiger partial charge >= 0.3 is 0 Å². The quantitative estimate of drug-likeness (QED) is 0.475. The first-order valence-corrected chi connectivity index (χ1v) is 8.72. The Balaban J connectivity index is 1.67. The maximum atomic E-state index is 12.3. The van der Waals surface area contributed by atoms with Crippen molar-refractivity contribution < 1.29 is 9.21 Å². The number of aryl methyl sites for hydroxylation is 2. The van der Waals surface area contributed by atoms with E-state index in [2.05, 4.69) is 10.2 Å².